The topological polar surface area (TPSA) is 30.7 Å². The van der Waals surface area contributed by atoms with Crippen molar-refractivity contribution < 1.29 is 0 Å². The molecular formula is C12H20ClN3. The zero-order valence-electron chi connectivity index (χ0n) is 10.1. The molecule has 0 saturated heterocycles. The minimum Gasteiger partial charge on any atom is -0.248 e. The van der Waals surface area contributed by atoms with E-state index in [1.165, 1.54) is 25.7 Å². The second-order valence-electron chi connectivity index (χ2n) is 5.23. The fraction of sp³-hybridized carbons (Fsp3) is 0.833. The average Bonchev–Trinajstić information content (AvgIpc) is 2.88. The number of aromatic nitrogens is 3. The van der Waals surface area contributed by atoms with Crippen LogP contribution < -0.4 is 0 Å². The Kier molecular flexibility index (Phi) is 3.53. The Morgan fingerprint density at radius 3 is 2.69 bits per heavy atom. The SMILES string of the molecule is CC(C)n1ncnc1CC1(CCl)CCCC1. The van der Waals surface area contributed by atoms with E-state index in [0.29, 0.717) is 6.04 Å². The predicted molar refractivity (Wildman–Crippen MR) is 65.7 cm³/mol. The maximum atomic E-state index is 6.16. The zero-order chi connectivity index (χ0) is 11.6. The number of halogens is 1. The van der Waals surface area contributed by atoms with Crippen LogP contribution in [-0.2, 0) is 6.42 Å². The highest BCUT2D eigenvalue weighted by atomic mass is 35.5. The van der Waals surface area contributed by atoms with Crippen LogP contribution in [0.2, 0.25) is 0 Å². The molecule has 0 spiro atoms. The summed E-state index contributed by atoms with van der Waals surface area (Å²) >= 11 is 6.16. The molecule has 1 heterocycles. The molecule has 1 aromatic rings. The second kappa shape index (κ2) is 4.74. The van der Waals surface area contributed by atoms with Gasteiger partial charge in [-0.25, -0.2) is 9.67 Å². The van der Waals surface area contributed by atoms with Gasteiger partial charge in [0.25, 0.3) is 0 Å². The maximum absolute atomic E-state index is 6.16. The highest BCUT2D eigenvalue weighted by molar-refractivity contribution is 6.18. The fourth-order valence-electron chi connectivity index (χ4n) is 2.65. The van der Waals surface area contributed by atoms with Gasteiger partial charge in [-0.2, -0.15) is 5.10 Å². The van der Waals surface area contributed by atoms with Crippen LogP contribution in [0.4, 0.5) is 0 Å². The standard InChI is InChI=1S/C12H20ClN3/c1-10(2)16-11(14-9-15-16)7-12(8-13)5-3-4-6-12/h9-10H,3-8H2,1-2H3. The molecule has 0 bridgehead atoms. The van der Waals surface area contributed by atoms with Crippen molar-refractivity contribution in [2.45, 2.75) is 52.0 Å². The molecule has 90 valence electrons. The molecule has 4 heteroatoms. The lowest BCUT2D eigenvalue weighted by atomic mass is 9.84. The van der Waals surface area contributed by atoms with Crippen molar-refractivity contribution in [2.24, 2.45) is 5.41 Å². The van der Waals surface area contributed by atoms with Crippen LogP contribution in [0, 0.1) is 5.41 Å². The van der Waals surface area contributed by atoms with Crippen molar-refractivity contribution in [1.82, 2.24) is 14.8 Å². The Morgan fingerprint density at radius 1 is 1.44 bits per heavy atom. The average molecular weight is 242 g/mol. The fourth-order valence-corrected chi connectivity index (χ4v) is 3.01. The number of hydrogen-bond donors (Lipinski definition) is 0. The van der Waals surface area contributed by atoms with Crippen LogP contribution in [0.15, 0.2) is 6.33 Å². The Morgan fingerprint density at radius 2 is 2.12 bits per heavy atom. The first-order valence-corrected chi connectivity index (χ1v) is 6.65. The molecule has 2 rings (SSSR count). The van der Waals surface area contributed by atoms with Gasteiger partial charge in [0.1, 0.15) is 12.2 Å². The Bertz CT molecular complexity index is 340. The molecule has 3 nitrogen and oxygen atoms in total. The first kappa shape index (κ1) is 11.9. The molecule has 1 fully saturated rings. The summed E-state index contributed by atoms with van der Waals surface area (Å²) in [5.41, 5.74) is 0.279. The third-order valence-electron chi connectivity index (χ3n) is 3.62. The molecule has 1 saturated carbocycles. The van der Waals surface area contributed by atoms with Gasteiger partial charge in [-0.15, -0.1) is 11.6 Å². The summed E-state index contributed by atoms with van der Waals surface area (Å²) in [5.74, 6) is 1.84. The van der Waals surface area contributed by atoms with Gasteiger partial charge in [-0.3, -0.25) is 0 Å². The second-order valence-corrected chi connectivity index (χ2v) is 5.50. The van der Waals surface area contributed by atoms with E-state index < -0.39 is 0 Å². The summed E-state index contributed by atoms with van der Waals surface area (Å²) in [4.78, 5) is 4.39. The third kappa shape index (κ3) is 2.24. The minimum atomic E-state index is 0.279. The number of hydrogen-bond acceptors (Lipinski definition) is 2. The summed E-state index contributed by atoms with van der Waals surface area (Å²) in [7, 11) is 0. The molecule has 0 aromatic carbocycles. The normalized spacial score (nSPS) is 19.5. The minimum absolute atomic E-state index is 0.279. The highest BCUT2D eigenvalue weighted by Gasteiger charge is 2.34. The van der Waals surface area contributed by atoms with Crippen LogP contribution in [0.3, 0.4) is 0 Å². The first-order valence-electron chi connectivity index (χ1n) is 6.11. The molecular weight excluding hydrogens is 222 g/mol. The quantitative estimate of drug-likeness (QED) is 0.758. The van der Waals surface area contributed by atoms with Crippen molar-refractivity contribution in [3.05, 3.63) is 12.2 Å². The van der Waals surface area contributed by atoms with E-state index in [1.54, 1.807) is 6.33 Å². The summed E-state index contributed by atoms with van der Waals surface area (Å²) in [6, 6.07) is 0.381. The largest absolute Gasteiger partial charge is 0.248 e. The highest BCUT2D eigenvalue weighted by Crippen LogP contribution is 2.41. The molecule has 0 aliphatic heterocycles. The molecule has 0 amide bonds. The van der Waals surface area contributed by atoms with Crippen LogP contribution in [0.25, 0.3) is 0 Å². The molecule has 1 aliphatic carbocycles. The van der Waals surface area contributed by atoms with Crippen molar-refractivity contribution in [3.8, 4) is 0 Å². The van der Waals surface area contributed by atoms with Crippen LogP contribution >= 0.6 is 11.6 Å². The third-order valence-corrected chi connectivity index (χ3v) is 4.18. The number of alkyl halides is 1. The molecule has 1 aromatic heterocycles. The number of nitrogens with zero attached hydrogens (tertiary/aromatic N) is 3. The van der Waals surface area contributed by atoms with Crippen molar-refractivity contribution >= 4 is 11.6 Å². The Balaban J connectivity index is 2.16. The first-order chi connectivity index (χ1) is 7.67. The molecule has 1 aliphatic rings. The monoisotopic (exact) mass is 241 g/mol. The lowest BCUT2D eigenvalue weighted by Gasteiger charge is -2.26. The van der Waals surface area contributed by atoms with Gasteiger partial charge in [0.05, 0.1) is 0 Å². The predicted octanol–water partition coefficient (Wildman–Crippen LogP) is 3.20. The molecule has 16 heavy (non-hydrogen) atoms. The van der Waals surface area contributed by atoms with Crippen LogP contribution in [0.1, 0.15) is 51.4 Å². The Labute approximate surface area is 102 Å². The van der Waals surface area contributed by atoms with E-state index in [4.69, 9.17) is 11.6 Å². The zero-order valence-corrected chi connectivity index (χ0v) is 10.9. The van der Waals surface area contributed by atoms with Gasteiger partial charge < -0.3 is 0 Å². The van der Waals surface area contributed by atoms with Gasteiger partial charge >= 0.3 is 0 Å². The summed E-state index contributed by atoms with van der Waals surface area (Å²) in [5, 5.41) is 4.29. The molecule has 0 atom stereocenters. The van der Waals surface area contributed by atoms with E-state index in [9.17, 15) is 0 Å². The lowest BCUT2D eigenvalue weighted by Crippen LogP contribution is -2.24. The van der Waals surface area contributed by atoms with Gasteiger partial charge in [0.2, 0.25) is 0 Å². The molecule has 0 unspecified atom stereocenters. The van der Waals surface area contributed by atoms with Gasteiger partial charge in [-0.1, -0.05) is 12.8 Å². The smallest absolute Gasteiger partial charge is 0.138 e. The van der Waals surface area contributed by atoms with E-state index in [-0.39, 0.29) is 5.41 Å². The van der Waals surface area contributed by atoms with E-state index >= 15 is 0 Å². The van der Waals surface area contributed by atoms with Gasteiger partial charge in [0.15, 0.2) is 0 Å². The maximum Gasteiger partial charge on any atom is 0.138 e. The Hall–Kier alpha value is -0.570. The van der Waals surface area contributed by atoms with Crippen LogP contribution in [0.5, 0.6) is 0 Å². The van der Waals surface area contributed by atoms with Crippen LogP contribution in [-0.4, -0.2) is 20.6 Å². The van der Waals surface area contributed by atoms with Crippen molar-refractivity contribution in [3.63, 3.8) is 0 Å². The number of rotatable bonds is 4. The molecule has 0 N–H and O–H groups in total. The lowest BCUT2D eigenvalue weighted by molar-refractivity contribution is 0.321. The van der Waals surface area contributed by atoms with E-state index in [1.807, 2.05) is 4.68 Å². The summed E-state index contributed by atoms with van der Waals surface area (Å²) in [6.45, 7) is 4.28. The van der Waals surface area contributed by atoms with E-state index in [0.717, 1.165) is 18.1 Å². The summed E-state index contributed by atoms with van der Waals surface area (Å²) in [6.07, 6.45) is 7.73. The van der Waals surface area contributed by atoms with E-state index in [2.05, 4.69) is 23.9 Å². The molecule has 0 radical (unpaired) electrons. The summed E-state index contributed by atoms with van der Waals surface area (Å²) < 4.78 is 2.02. The van der Waals surface area contributed by atoms with Gasteiger partial charge in [0, 0.05) is 18.3 Å². The van der Waals surface area contributed by atoms with Crippen molar-refractivity contribution in [1.29, 1.82) is 0 Å². The van der Waals surface area contributed by atoms with Gasteiger partial charge in [-0.05, 0) is 32.1 Å². The van der Waals surface area contributed by atoms with Crippen molar-refractivity contribution in [2.75, 3.05) is 5.88 Å².